The minimum atomic E-state index is -0.322. The summed E-state index contributed by atoms with van der Waals surface area (Å²) in [5.74, 6) is 2.03. The van der Waals surface area contributed by atoms with Crippen LogP contribution in [0.3, 0.4) is 0 Å². The zero-order valence-corrected chi connectivity index (χ0v) is 20.2. The second-order valence-electron chi connectivity index (χ2n) is 9.54. The van der Waals surface area contributed by atoms with Gasteiger partial charge in [-0.2, -0.15) is 0 Å². The van der Waals surface area contributed by atoms with E-state index in [0.717, 1.165) is 56.3 Å². The Morgan fingerprint density at radius 1 is 1.00 bits per heavy atom. The van der Waals surface area contributed by atoms with Gasteiger partial charge in [-0.25, -0.2) is 4.79 Å². The predicted octanol–water partition coefficient (Wildman–Crippen LogP) is 4.13. The van der Waals surface area contributed by atoms with Crippen LogP contribution in [0.25, 0.3) is 0 Å². The summed E-state index contributed by atoms with van der Waals surface area (Å²) >= 11 is 0. The van der Waals surface area contributed by atoms with Crippen molar-refractivity contribution in [3.05, 3.63) is 54.1 Å². The zero-order chi connectivity index (χ0) is 23.8. The number of likely N-dealkylation sites (tertiary alicyclic amines) is 1. The number of nitrogens with zero attached hydrogens (tertiary/aromatic N) is 2. The fraction of sp³-hybridized carbons (Fsp3) is 0.519. The molecule has 184 valence electrons. The van der Waals surface area contributed by atoms with Gasteiger partial charge in [-0.3, -0.25) is 0 Å². The summed E-state index contributed by atoms with van der Waals surface area (Å²) in [6.07, 6.45) is 4.35. The van der Waals surface area contributed by atoms with Crippen LogP contribution in [0.1, 0.15) is 31.2 Å². The number of ether oxygens (including phenoxy) is 2. The lowest BCUT2D eigenvalue weighted by Crippen LogP contribution is -2.43. The molecule has 0 spiro atoms. The third kappa shape index (κ3) is 6.79. The van der Waals surface area contributed by atoms with E-state index in [9.17, 15) is 4.79 Å². The van der Waals surface area contributed by atoms with E-state index in [4.69, 9.17) is 15.2 Å². The van der Waals surface area contributed by atoms with E-state index in [-0.39, 0.29) is 6.09 Å². The lowest BCUT2D eigenvalue weighted by atomic mass is 9.92. The van der Waals surface area contributed by atoms with Crippen molar-refractivity contribution in [1.29, 1.82) is 0 Å². The molecule has 2 saturated heterocycles. The lowest BCUT2D eigenvalue weighted by Gasteiger charge is -2.38. The summed E-state index contributed by atoms with van der Waals surface area (Å²) in [7, 11) is 1.67. The quantitative estimate of drug-likeness (QED) is 0.570. The van der Waals surface area contributed by atoms with Gasteiger partial charge >= 0.3 is 6.09 Å². The normalized spacial score (nSPS) is 18.0. The molecule has 7 heteroatoms. The van der Waals surface area contributed by atoms with E-state index in [1.165, 1.54) is 25.1 Å². The van der Waals surface area contributed by atoms with Gasteiger partial charge in [0.05, 0.1) is 12.8 Å². The van der Waals surface area contributed by atoms with Crippen LogP contribution in [0.2, 0.25) is 0 Å². The minimum absolute atomic E-state index is 0.315. The van der Waals surface area contributed by atoms with Crippen molar-refractivity contribution in [2.45, 2.75) is 32.3 Å². The Labute approximate surface area is 203 Å². The van der Waals surface area contributed by atoms with E-state index in [2.05, 4.69) is 21.2 Å². The highest BCUT2D eigenvalue weighted by Gasteiger charge is 2.25. The number of methoxy groups -OCH3 is 1. The van der Waals surface area contributed by atoms with E-state index < -0.39 is 0 Å². The van der Waals surface area contributed by atoms with E-state index >= 15 is 0 Å². The van der Waals surface area contributed by atoms with E-state index in [0.29, 0.717) is 24.8 Å². The van der Waals surface area contributed by atoms with Gasteiger partial charge in [0, 0.05) is 37.9 Å². The van der Waals surface area contributed by atoms with Crippen molar-refractivity contribution < 1.29 is 14.3 Å². The number of alkyl carbamates (subject to hydrolysis) is 1. The van der Waals surface area contributed by atoms with E-state index in [1.54, 1.807) is 7.11 Å². The average molecular weight is 467 g/mol. The van der Waals surface area contributed by atoms with Crippen LogP contribution >= 0.6 is 0 Å². The molecule has 0 saturated carbocycles. The van der Waals surface area contributed by atoms with Crippen LogP contribution in [0.15, 0.2) is 48.5 Å². The largest absolute Gasteiger partial charge is 0.495 e. The number of carbonyl (C=O) groups is 1. The number of carbonyl (C=O) groups excluding carboxylic acids is 1. The molecule has 0 radical (unpaired) electrons. The summed E-state index contributed by atoms with van der Waals surface area (Å²) in [6, 6.07) is 15.8. The third-order valence-corrected chi connectivity index (χ3v) is 7.17. The van der Waals surface area contributed by atoms with Crippen LogP contribution in [0.5, 0.6) is 5.75 Å². The first kappa shape index (κ1) is 24.2. The van der Waals surface area contributed by atoms with Crippen molar-refractivity contribution in [1.82, 2.24) is 10.2 Å². The van der Waals surface area contributed by atoms with Gasteiger partial charge in [-0.15, -0.1) is 0 Å². The molecule has 4 rings (SSSR count). The number of piperidine rings is 2. The lowest BCUT2D eigenvalue weighted by molar-refractivity contribution is 0.128. The highest BCUT2D eigenvalue weighted by molar-refractivity contribution is 5.67. The van der Waals surface area contributed by atoms with Crippen LogP contribution in [-0.2, 0) is 11.3 Å². The molecular weight excluding hydrogens is 428 g/mol. The molecule has 3 N–H and O–H groups in total. The number of hydrogen-bond donors (Lipinski definition) is 2. The number of rotatable bonds is 8. The molecule has 0 bridgehead atoms. The van der Waals surface area contributed by atoms with Crippen molar-refractivity contribution in [3.8, 4) is 5.75 Å². The van der Waals surface area contributed by atoms with Crippen LogP contribution < -0.4 is 20.7 Å². The van der Waals surface area contributed by atoms with Crippen molar-refractivity contribution in [2.75, 3.05) is 57.0 Å². The summed E-state index contributed by atoms with van der Waals surface area (Å²) in [5.41, 5.74) is 8.84. The zero-order valence-electron chi connectivity index (χ0n) is 20.2. The smallest absolute Gasteiger partial charge is 0.407 e. The van der Waals surface area contributed by atoms with Crippen LogP contribution in [0, 0.1) is 11.8 Å². The number of nitrogens with one attached hydrogen (secondary N) is 1. The fourth-order valence-corrected chi connectivity index (χ4v) is 5.01. The molecule has 0 aromatic heterocycles. The molecule has 0 unspecified atom stereocenters. The first-order valence-corrected chi connectivity index (χ1v) is 12.5. The molecule has 2 fully saturated rings. The molecule has 2 aliphatic heterocycles. The van der Waals surface area contributed by atoms with Gasteiger partial charge in [-0.1, -0.05) is 30.3 Å². The molecule has 2 heterocycles. The SMILES string of the molecule is COc1cc(N2CCC(CN3CCC(CNC(=O)OCc4ccccc4)CC3)CC2)ccc1N. The Bertz CT molecular complexity index is 907. The maximum Gasteiger partial charge on any atom is 0.407 e. The van der Waals surface area contributed by atoms with Gasteiger partial charge in [0.2, 0.25) is 0 Å². The molecule has 1 amide bonds. The number of nitrogens with two attached hydrogens (primary N) is 1. The Kier molecular flexibility index (Phi) is 8.52. The summed E-state index contributed by atoms with van der Waals surface area (Å²) in [6.45, 7) is 6.56. The van der Waals surface area contributed by atoms with Crippen LogP contribution in [-0.4, -0.2) is 57.4 Å². The van der Waals surface area contributed by atoms with Crippen molar-refractivity contribution >= 4 is 17.5 Å². The Hall–Kier alpha value is -2.93. The molecule has 0 atom stereocenters. The summed E-state index contributed by atoms with van der Waals surface area (Å²) in [5, 5.41) is 2.95. The molecular formula is C27H38N4O3. The number of hydrogen-bond acceptors (Lipinski definition) is 6. The molecule has 34 heavy (non-hydrogen) atoms. The molecule has 2 aromatic rings. The molecule has 7 nitrogen and oxygen atoms in total. The minimum Gasteiger partial charge on any atom is -0.495 e. The molecule has 2 aliphatic rings. The van der Waals surface area contributed by atoms with Gasteiger partial charge in [0.15, 0.2) is 0 Å². The maximum atomic E-state index is 12.0. The Morgan fingerprint density at radius 3 is 2.41 bits per heavy atom. The summed E-state index contributed by atoms with van der Waals surface area (Å²) < 4.78 is 10.7. The Morgan fingerprint density at radius 2 is 1.71 bits per heavy atom. The van der Waals surface area contributed by atoms with Crippen molar-refractivity contribution in [2.24, 2.45) is 11.8 Å². The van der Waals surface area contributed by atoms with Crippen LogP contribution in [0.4, 0.5) is 16.2 Å². The first-order chi connectivity index (χ1) is 16.6. The molecule has 2 aromatic carbocycles. The predicted molar refractivity (Wildman–Crippen MR) is 136 cm³/mol. The number of nitrogen functional groups attached to an aromatic ring is 1. The fourth-order valence-electron chi connectivity index (χ4n) is 5.01. The Balaban J connectivity index is 1.11. The summed E-state index contributed by atoms with van der Waals surface area (Å²) in [4.78, 5) is 17.1. The topological polar surface area (TPSA) is 80.1 Å². The van der Waals surface area contributed by atoms with Crippen molar-refractivity contribution in [3.63, 3.8) is 0 Å². The maximum absolute atomic E-state index is 12.0. The van der Waals surface area contributed by atoms with Gasteiger partial charge < -0.3 is 30.3 Å². The molecule has 0 aliphatic carbocycles. The number of anilines is 2. The third-order valence-electron chi connectivity index (χ3n) is 7.17. The van der Waals surface area contributed by atoms with Gasteiger partial charge in [0.25, 0.3) is 0 Å². The number of benzene rings is 2. The van der Waals surface area contributed by atoms with Gasteiger partial charge in [-0.05, 0) is 68.3 Å². The standard InChI is InChI=1S/C27H38N4O3/c1-33-26-17-24(7-8-25(26)28)31-15-11-22(12-16-31)19-30-13-9-21(10-14-30)18-29-27(32)34-20-23-5-3-2-4-6-23/h2-8,17,21-22H,9-16,18-20,28H2,1H3,(H,29,32). The monoisotopic (exact) mass is 466 g/mol. The average Bonchev–Trinajstić information content (AvgIpc) is 2.88. The first-order valence-electron chi connectivity index (χ1n) is 12.5. The highest BCUT2D eigenvalue weighted by atomic mass is 16.5. The second kappa shape index (κ2) is 12.0. The second-order valence-corrected chi connectivity index (χ2v) is 9.54. The highest BCUT2D eigenvalue weighted by Crippen LogP contribution is 2.30. The number of amides is 1. The van der Waals surface area contributed by atoms with Gasteiger partial charge in [0.1, 0.15) is 12.4 Å². The van der Waals surface area contributed by atoms with E-state index in [1.807, 2.05) is 42.5 Å².